The van der Waals surface area contributed by atoms with Crippen LogP contribution in [-0.2, 0) is 0 Å². The lowest BCUT2D eigenvalue weighted by molar-refractivity contribution is -0.0525. The second-order valence-electron chi connectivity index (χ2n) is 8.07. The van der Waals surface area contributed by atoms with Gasteiger partial charge in [0.25, 0.3) is 0 Å². The minimum atomic E-state index is 0.346. The summed E-state index contributed by atoms with van der Waals surface area (Å²) in [5.74, 6) is 10.7. The van der Waals surface area contributed by atoms with Gasteiger partial charge in [-0.25, -0.2) is 0 Å². The first-order chi connectivity index (χ1) is 10.1. The number of hydrazine groups is 1. The van der Waals surface area contributed by atoms with E-state index in [1.165, 1.54) is 48.8 Å². The zero-order chi connectivity index (χ0) is 14.6. The Hall–Kier alpha value is -0.860. The lowest BCUT2D eigenvalue weighted by Gasteiger charge is -2.56. The predicted molar refractivity (Wildman–Crippen MR) is 86.5 cm³/mol. The van der Waals surface area contributed by atoms with Crippen LogP contribution in [-0.4, -0.2) is 0 Å². The number of hydrogen-bond donors (Lipinski definition) is 2. The minimum Gasteiger partial charge on any atom is -0.271 e. The SMILES string of the molecule is Cc1cc(C)cc(C(NN)C2C3CC4CC(C3)CC2C4)c1. The molecule has 4 saturated carbocycles. The molecule has 4 bridgehead atoms. The third-order valence-corrected chi connectivity index (χ3v) is 6.47. The van der Waals surface area contributed by atoms with E-state index in [0.29, 0.717) is 6.04 Å². The molecule has 0 radical (unpaired) electrons. The highest BCUT2D eigenvalue weighted by Gasteiger charge is 2.50. The molecule has 0 aromatic heterocycles. The number of aryl methyl sites for hydroxylation is 2. The number of rotatable bonds is 3. The first kappa shape index (κ1) is 13.8. The van der Waals surface area contributed by atoms with Crippen LogP contribution in [0.3, 0.4) is 0 Å². The van der Waals surface area contributed by atoms with Gasteiger partial charge >= 0.3 is 0 Å². The van der Waals surface area contributed by atoms with Crippen LogP contribution in [0, 0.1) is 43.4 Å². The quantitative estimate of drug-likeness (QED) is 0.653. The summed E-state index contributed by atoms with van der Waals surface area (Å²) in [6.07, 6.45) is 7.35. The second-order valence-corrected chi connectivity index (χ2v) is 8.07. The third kappa shape index (κ3) is 2.33. The van der Waals surface area contributed by atoms with Gasteiger partial charge in [-0.15, -0.1) is 0 Å². The average Bonchev–Trinajstić information content (AvgIpc) is 2.40. The van der Waals surface area contributed by atoms with Crippen LogP contribution in [0.15, 0.2) is 18.2 Å². The van der Waals surface area contributed by atoms with Gasteiger partial charge in [0.2, 0.25) is 0 Å². The highest BCUT2D eigenvalue weighted by molar-refractivity contribution is 5.31. The summed E-state index contributed by atoms with van der Waals surface area (Å²) in [7, 11) is 0. The van der Waals surface area contributed by atoms with Crippen LogP contribution in [0.5, 0.6) is 0 Å². The van der Waals surface area contributed by atoms with Crippen LogP contribution < -0.4 is 11.3 Å². The molecule has 0 amide bonds. The molecule has 0 spiro atoms. The van der Waals surface area contributed by atoms with Crippen LogP contribution in [0.1, 0.15) is 54.8 Å². The molecular weight excluding hydrogens is 256 g/mol. The molecule has 3 N–H and O–H groups in total. The van der Waals surface area contributed by atoms with Crippen molar-refractivity contribution in [3.63, 3.8) is 0 Å². The van der Waals surface area contributed by atoms with E-state index in [1.54, 1.807) is 0 Å². The van der Waals surface area contributed by atoms with Gasteiger partial charge in [-0.2, -0.15) is 0 Å². The van der Waals surface area contributed by atoms with Crippen LogP contribution in [0.25, 0.3) is 0 Å². The van der Waals surface area contributed by atoms with E-state index < -0.39 is 0 Å². The van der Waals surface area contributed by atoms with E-state index in [-0.39, 0.29) is 0 Å². The molecule has 0 aliphatic heterocycles. The molecule has 4 aliphatic carbocycles. The summed E-state index contributed by atoms with van der Waals surface area (Å²) in [6.45, 7) is 4.39. The number of nitrogens with two attached hydrogens (primary N) is 1. The van der Waals surface area contributed by atoms with Crippen molar-refractivity contribution >= 4 is 0 Å². The monoisotopic (exact) mass is 284 g/mol. The normalized spacial score (nSPS) is 38.7. The molecule has 4 fully saturated rings. The fourth-order valence-electron chi connectivity index (χ4n) is 6.13. The van der Waals surface area contributed by atoms with Gasteiger partial charge in [-0.05, 0) is 81.1 Å². The number of benzene rings is 1. The molecule has 1 aromatic rings. The Morgan fingerprint density at radius 2 is 1.43 bits per heavy atom. The van der Waals surface area contributed by atoms with Gasteiger partial charge in [0, 0.05) is 6.04 Å². The van der Waals surface area contributed by atoms with Gasteiger partial charge in [0.05, 0.1) is 0 Å². The molecule has 1 atom stereocenters. The molecule has 21 heavy (non-hydrogen) atoms. The van der Waals surface area contributed by atoms with E-state index in [0.717, 1.165) is 29.6 Å². The smallest absolute Gasteiger partial charge is 0.0493 e. The number of nitrogens with one attached hydrogen (secondary N) is 1. The van der Waals surface area contributed by atoms with Crippen molar-refractivity contribution in [1.29, 1.82) is 0 Å². The topological polar surface area (TPSA) is 38.0 Å². The summed E-state index contributed by atoms with van der Waals surface area (Å²) in [5.41, 5.74) is 7.32. The lowest BCUT2D eigenvalue weighted by atomic mass is 9.50. The van der Waals surface area contributed by atoms with E-state index >= 15 is 0 Å². The molecule has 1 unspecified atom stereocenters. The minimum absolute atomic E-state index is 0.346. The maximum absolute atomic E-state index is 6.03. The van der Waals surface area contributed by atoms with Crippen LogP contribution in [0.2, 0.25) is 0 Å². The number of hydrogen-bond acceptors (Lipinski definition) is 2. The molecule has 114 valence electrons. The van der Waals surface area contributed by atoms with E-state index in [9.17, 15) is 0 Å². The first-order valence-corrected chi connectivity index (χ1v) is 8.68. The molecule has 0 heterocycles. The fourth-order valence-corrected chi connectivity index (χ4v) is 6.13. The highest BCUT2D eigenvalue weighted by atomic mass is 15.2. The Labute approximate surface area is 128 Å². The highest BCUT2D eigenvalue weighted by Crippen LogP contribution is 2.59. The van der Waals surface area contributed by atoms with Gasteiger partial charge in [0.15, 0.2) is 0 Å². The third-order valence-electron chi connectivity index (χ3n) is 6.47. The fraction of sp³-hybridized carbons (Fsp3) is 0.684. The van der Waals surface area contributed by atoms with Crippen molar-refractivity contribution in [1.82, 2.24) is 5.43 Å². The molecule has 2 nitrogen and oxygen atoms in total. The van der Waals surface area contributed by atoms with Crippen molar-refractivity contribution in [2.45, 2.75) is 52.0 Å². The summed E-state index contributed by atoms with van der Waals surface area (Å²) < 4.78 is 0. The first-order valence-electron chi connectivity index (χ1n) is 8.68. The van der Waals surface area contributed by atoms with Crippen molar-refractivity contribution in [2.75, 3.05) is 0 Å². The molecule has 1 aromatic carbocycles. The Bertz CT molecular complexity index is 488. The summed E-state index contributed by atoms with van der Waals surface area (Å²) >= 11 is 0. The van der Waals surface area contributed by atoms with Crippen LogP contribution in [0.4, 0.5) is 0 Å². The summed E-state index contributed by atoms with van der Waals surface area (Å²) in [5, 5.41) is 0. The van der Waals surface area contributed by atoms with Crippen molar-refractivity contribution in [3.8, 4) is 0 Å². The maximum atomic E-state index is 6.03. The zero-order valence-electron chi connectivity index (χ0n) is 13.3. The predicted octanol–water partition coefficient (Wildman–Crippen LogP) is 3.88. The molecule has 0 saturated heterocycles. The maximum Gasteiger partial charge on any atom is 0.0493 e. The second kappa shape index (κ2) is 5.10. The van der Waals surface area contributed by atoms with Gasteiger partial charge < -0.3 is 0 Å². The van der Waals surface area contributed by atoms with E-state index in [2.05, 4.69) is 37.5 Å². The Morgan fingerprint density at radius 1 is 0.905 bits per heavy atom. The molecule has 5 rings (SSSR count). The van der Waals surface area contributed by atoms with E-state index in [1.807, 2.05) is 0 Å². The summed E-state index contributed by atoms with van der Waals surface area (Å²) in [6, 6.07) is 7.28. The van der Waals surface area contributed by atoms with Crippen molar-refractivity contribution < 1.29 is 0 Å². The zero-order valence-corrected chi connectivity index (χ0v) is 13.3. The average molecular weight is 284 g/mol. The Morgan fingerprint density at radius 3 is 1.90 bits per heavy atom. The van der Waals surface area contributed by atoms with Crippen molar-refractivity contribution in [2.24, 2.45) is 35.4 Å². The standard InChI is InChI=1S/C19H28N2/c1-11-3-12(2)5-17(4-11)19(21-20)18-15-7-13-6-14(9-15)10-16(18)8-13/h3-5,13-16,18-19,21H,6-10,20H2,1-2H3. The Kier molecular flexibility index (Phi) is 3.35. The molecule has 2 heteroatoms. The molecule has 4 aliphatic rings. The van der Waals surface area contributed by atoms with Crippen LogP contribution >= 0.6 is 0 Å². The molecular formula is C19H28N2. The van der Waals surface area contributed by atoms with E-state index in [4.69, 9.17) is 5.84 Å². The Balaban J connectivity index is 1.66. The van der Waals surface area contributed by atoms with Gasteiger partial charge in [-0.1, -0.05) is 29.3 Å². The lowest BCUT2D eigenvalue weighted by Crippen LogP contribution is -2.50. The largest absolute Gasteiger partial charge is 0.271 e. The summed E-state index contributed by atoms with van der Waals surface area (Å²) in [4.78, 5) is 0. The van der Waals surface area contributed by atoms with Crippen molar-refractivity contribution in [3.05, 3.63) is 34.9 Å². The van der Waals surface area contributed by atoms with Gasteiger partial charge in [0.1, 0.15) is 0 Å². The van der Waals surface area contributed by atoms with Gasteiger partial charge in [-0.3, -0.25) is 11.3 Å².